The lowest BCUT2D eigenvalue weighted by atomic mass is 9.84. The van der Waals surface area contributed by atoms with E-state index in [0.717, 1.165) is 6.42 Å². The quantitative estimate of drug-likeness (QED) is 0.182. The van der Waals surface area contributed by atoms with Crippen LogP contribution in [-0.2, 0) is 18.9 Å². The average molecular weight is 478 g/mol. The van der Waals surface area contributed by atoms with E-state index < -0.39 is 60.7 Å². The van der Waals surface area contributed by atoms with Gasteiger partial charge >= 0.3 is 0 Å². The topological polar surface area (TPSA) is 200 Å². The van der Waals surface area contributed by atoms with E-state index in [1.54, 1.807) is 14.0 Å². The van der Waals surface area contributed by atoms with Crippen molar-refractivity contribution in [2.75, 3.05) is 20.7 Å². The van der Waals surface area contributed by atoms with Crippen molar-refractivity contribution in [2.24, 2.45) is 17.2 Å². The van der Waals surface area contributed by atoms with Crippen LogP contribution in [0.2, 0.25) is 0 Å². The van der Waals surface area contributed by atoms with Crippen molar-refractivity contribution in [3.63, 3.8) is 0 Å². The number of hydrogen-bond acceptors (Lipinski definition) is 12. The van der Waals surface area contributed by atoms with Crippen molar-refractivity contribution >= 4 is 0 Å². The lowest BCUT2D eigenvalue weighted by Crippen LogP contribution is -2.68. The lowest BCUT2D eigenvalue weighted by molar-refractivity contribution is -0.307. The van der Waals surface area contributed by atoms with Crippen LogP contribution in [-0.4, -0.2) is 115 Å². The summed E-state index contributed by atoms with van der Waals surface area (Å²) in [6, 6.07) is -2.11. The van der Waals surface area contributed by atoms with Crippen LogP contribution in [0.4, 0.5) is 0 Å². The summed E-state index contributed by atoms with van der Waals surface area (Å²) in [7, 11) is 3.49. The molecule has 5 unspecified atom stereocenters. The maximum absolute atomic E-state index is 11.1. The second-order valence-corrected chi connectivity index (χ2v) is 9.91. The van der Waals surface area contributed by atoms with Crippen molar-refractivity contribution < 1.29 is 34.3 Å². The minimum Gasteiger partial charge on any atom is -0.388 e. The first-order valence-electron chi connectivity index (χ1n) is 11.8. The maximum atomic E-state index is 11.1. The first kappa shape index (κ1) is 27.1. The van der Waals surface area contributed by atoms with E-state index in [0.29, 0.717) is 12.8 Å². The molecule has 0 aromatic rings. The molecule has 11 N–H and O–H groups in total. The number of aliphatic hydroxyl groups is 3. The van der Waals surface area contributed by atoms with Crippen molar-refractivity contribution in [3.8, 4) is 0 Å². The summed E-state index contributed by atoms with van der Waals surface area (Å²) in [5, 5.41) is 38.3. The molecule has 3 aliphatic rings. The summed E-state index contributed by atoms with van der Waals surface area (Å²) in [6.07, 6.45) is -4.22. The third kappa shape index (κ3) is 5.85. The zero-order valence-corrected chi connectivity index (χ0v) is 20.0. The number of aliphatic hydroxyl groups excluding tert-OH is 2. The summed E-state index contributed by atoms with van der Waals surface area (Å²) in [6.45, 7) is 3.52. The number of likely N-dealkylation sites (N-methyl/N-ethyl adjacent to an activating group) is 2. The minimum absolute atomic E-state index is 0.0620. The molecule has 0 aromatic carbocycles. The Morgan fingerprint density at radius 1 is 0.970 bits per heavy atom. The van der Waals surface area contributed by atoms with Gasteiger partial charge in [-0.2, -0.15) is 0 Å². The monoisotopic (exact) mass is 477 g/mol. The molecule has 1 saturated carbocycles. The van der Waals surface area contributed by atoms with Gasteiger partial charge in [-0.1, -0.05) is 0 Å². The van der Waals surface area contributed by atoms with E-state index >= 15 is 0 Å². The number of nitrogens with two attached hydrogens (primary N) is 3. The van der Waals surface area contributed by atoms with E-state index in [2.05, 4.69) is 10.6 Å². The molecule has 3 rings (SSSR count). The van der Waals surface area contributed by atoms with Crippen LogP contribution in [0, 0.1) is 0 Å². The van der Waals surface area contributed by atoms with Gasteiger partial charge in [-0.3, -0.25) is 0 Å². The molecule has 12 heteroatoms. The molecule has 0 bridgehead atoms. The van der Waals surface area contributed by atoms with Gasteiger partial charge in [0, 0.05) is 18.1 Å². The van der Waals surface area contributed by atoms with E-state index in [1.807, 2.05) is 14.0 Å². The molecule has 0 radical (unpaired) electrons. The third-order valence-corrected chi connectivity index (χ3v) is 7.24. The minimum atomic E-state index is -1.29. The number of ether oxygens (including phenoxy) is 4. The van der Waals surface area contributed by atoms with E-state index in [4.69, 9.17) is 36.1 Å². The van der Waals surface area contributed by atoms with Crippen LogP contribution in [0.25, 0.3) is 0 Å². The molecule has 2 heterocycles. The Morgan fingerprint density at radius 2 is 1.58 bits per heavy atom. The fraction of sp³-hybridized carbons (Fsp3) is 1.00. The molecule has 12 nitrogen and oxygen atoms in total. The fourth-order valence-electron chi connectivity index (χ4n) is 5.04. The highest BCUT2D eigenvalue weighted by molar-refractivity contribution is 5.02. The van der Waals surface area contributed by atoms with Crippen molar-refractivity contribution in [3.05, 3.63) is 0 Å². The van der Waals surface area contributed by atoms with Gasteiger partial charge in [0.1, 0.15) is 30.0 Å². The van der Waals surface area contributed by atoms with Gasteiger partial charge in [-0.15, -0.1) is 0 Å². The maximum Gasteiger partial charge on any atom is 0.185 e. The molecule has 1 aliphatic carbocycles. The van der Waals surface area contributed by atoms with Gasteiger partial charge in [0.2, 0.25) is 0 Å². The van der Waals surface area contributed by atoms with E-state index in [9.17, 15) is 15.3 Å². The Hall–Kier alpha value is -0.480. The first-order chi connectivity index (χ1) is 15.5. The highest BCUT2D eigenvalue weighted by Crippen LogP contribution is 2.31. The lowest BCUT2D eigenvalue weighted by Gasteiger charge is -2.48. The predicted octanol–water partition coefficient (Wildman–Crippen LogP) is -3.33. The van der Waals surface area contributed by atoms with Crippen LogP contribution in [0.5, 0.6) is 0 Å². The largest absolute Gasteiger partial charge is 0.388 e. The van der Waals surface area contributed by atoms with Crippen LogP contribution < -0.4 is 27.8 Å². The molecule has 2 aliphatic heterocycles. The van der Waals surface area contributed by atoms with Gasteiger partial charge in [-0.25, -0.2) is 0 Å². The SMILES string of the molecule is CNC(C)[C@@H]1CC[C@@H](N)C(OC2[C@H](O)C(OC3OC[C@](C)(O)[C@H](NC)[C@H]3O)[C@H](N)C[C@@H]2N)O1. The summed E-state index contributed by atoms with van der Waals surface area (Å²) >= 11 is 0. The highest BCUT2D eigenvalue weighted by atomic mass is 16.7. The number of hydrogen-bond donors (Lipinski definition) is 8. The summed E-state index contributed by atoms with van der Waals surface area (Å²) in [5.41, 5.74) is 17.5. The Bertz CT molecular complexity index is 632. The zero-order chi connectivity index (χ0) is 24.5. The first-order valence-corrected chi connectivity index (χ1v) is 11.8. The summed E-state index contributed by atoms with van der Waals surface area (Å²) in [4.78, 5) is 0. The van der Waals surface area contributed by atoms with Crippen molar-refractivity contribution in [1.29, 1.82) is 0 Å². The van der Waals surface area contributed by atoms with Gasteiger partial charge < -0.3 is 62.1 Å². The van der Waals surface area contributed by atoms with Gasteiger partial charge in [0.05, 0.1) is 24.8 Å². The molecule has 2 saturated heterocycles. The van der Waals surface area contributed by atoms with E-state index in [1.165, 1.54) is 0 Å². The fourth-order valence-corrected chi connectivity index (χ4v) is 5.04. The Labute approximate surface area is 195 Å². The van der Waals surface area contributed by atoms with Gasteiger partial charge in [0.25, 0.3) is 0 Å². The molecular weight excluding hydrogens is 434 g/mol. The summed E-state index contributed by atoms with van der Waals surface area (Å²) in [5.74, 6) is 0. The Balaban J connectivity index is 1.68. The van der Waals surface area contributed by atoms with Crippen molar-refractivity contribution in [2.45, 2.75) is 112 Å². The van der Waals surface area contributed by atoms with Crippen LogP contribution in [0.15, 0.2) is 0 Å². The second-order valence-electron chi connectivity index (χ2n) is 9.91. The molecule has 0 aromatic heterocycles. The molecule has 0 amide bonds. The Kier molecular flexibility index (Phi) is 9.09. The number of nitrogens with one attached hydrogen (secondary N) is 2. The smallest absolute Gasteiger partial charge is 0.185 e. The van der Waals surface area contributed by atoms with Crippen LogP contribution in [0.3, 0.4) is 0 Å². The predicted molar refractivity (Wildman–Crippen MR) is 120 cm³/mol. The standard InChI is InChI=1S/C21H43N5O7/c1-9(25-3)13-6-5-10(22)19(31-13)32-16-11(23)7-12(24)17(14(16)27)33-20-15(28)18(26-4)21(2,29)8-30-20/h9-20,25-29H,5-8,22-24H2,1-4H3/t9?,10-,11+,12-,13+,14+,15-,16?,17?,18-,19?,20?,21+/m1/s1. The van der Waals surface area contributed by atoms with Crippen LogP contribution in [0.1, 0.15) is 33.1 Å². The molecule has 194 valence electrons. The van der Waals surface area contributed by atoms with Gasteiger partial charge in [0.15, 0.2) is 12.6 Å². The average Bonchev–Trinajstić information content (AvgIpc) is 2.76. The zero-order valence-electron chi connectivity index (χ0n) is 20.0. The third-order valence-electron chi connectivity index (χ3n) is 7.24. The van der Waals surface area contributed by atoms with Crippen molar-refractivity contribution in [1.82, 2.24) is 10.6 Å². The highest BCUT2D eigenvalue weighted by Gasteiger charge is 2.50. The molecule has 13 atom stereocenters. The molecule has 33 heavy (non-hydrogen) atoms. The molecular formula is C21H43N5O7. The van der Waals surface area contributed by atoms with Crippen LogP contribution >= 0.6 is 0 Å². The van der Waals surface area contributed by atoms with E-state index in [-0.39, 0.29) is 24.8 Å². The summed E-state index contributed by atoms with van der Waals surface area (Å²) < 4.78 is 23.7. The second kappa shape index (κ2) is 11.1. The number of rotatable bonds is 7. The normalized spacial score (nSPS) is 50.2. The molecule has 3 fully saturated rings. The molecule has 0 spiro atoms. The van der Waals surface area contributed by atoms with Gasteiger partial charge in [-0.05, 0) is 47.2 Å². The Morgan fingerprint density at radius 3 is 2.15 bits per heavy atom.